The minimum absolute atomic E-state index is 1.26. The van der Waals surface area contributed by atoms with Gasteiger partial charge in [0.25, 0.3) is 0 Å². The molecule has 0 aromatic heterocycles. The molecule has 168 valence electrons. The Morgan fingerprint density at radius 2 is 0.829 bits per heavy atom. The van der Waals surface area contributed by atoms with E-state index in [1.807, 2.05) is 11.8 Å². The standard InChI is InChI=1S/C34H26S/c1-23-11-17-33(31(19-23)29-15-13-25-7-3-5-9-27(25)21-29)35-34-18-12-24(2)20-32(34)30-16-14-26-8-4-6-10-28(26)22-30/h3-22H,1-2H3. The summed E-state index contributed by atoms with van der Waals surface area (Å²) in [7, 11) is 0. The summed E-state index contributed by atoms with van der Waals surface area (Å²) < 4.78 is 0. The lowest BCUT2D eigenvalue weighted by atomic mass is 10.00. The van der Waals surface area contributed by atoms with E-state index in [9.17, 15) is 0 Å². The molecule has 0 heterocycles. The molecule has 6 aromatic rings. The normalized spacial score (nSPS) is 11.3. The largest absolute Gasteiger partial charge is 0.0888 e. The zero-order valence-electron chi connectivity index (χ0n) is 20.0. The van der Waals surface area contributed by atoms with Crippen LogP contribution in [0.4, 0.5) is 0 Å². The van der Waals surface area contributed by atoms with Gasteiger partial charge in [0.1, 0.15) is 0 Å². The highest BCUT2D eigenvalue weighted by molar-refractivity contribution is 7.99. The molecule has 0 spiro atoms. The first-order chi connectivity index (χ1) is 17.1. The van der Waals surface area contributed by atoms with Gasteiger partial charge < -0.3 is 0 Å². The van der Waals surface area contributed by atoms with Crippen LogP contribution in [-0.4, -0.2) is 0 Å². The lowest BCUT2D eigenvalue weighted by Gasteiger charge is -2.15. The SMILES string of the molecule is Cc1ccc(Sc2ccc(C)cc2-c2ccc3ccccc3c2)c(-c2ccc3ccccc3c2)c1. The molecule has 35 heavy (non-hydrogen) atoms. The highest BCUT2D eigenvalue weighted by Gasteiger charge is 2.13. The predicted octanol–water partition coefficient (Wildman–Crippen LogP) is 10.1. The third kappa shape index (κ3) is 4.36. The number of fused-ring (bicyclic) bond motifs is 2. The first kappa shape index (κ1) is 21.7. The van der Waals surface area contributed by atoms with Gasteiger partial charge in [-0.3, -0.25) is 0 Å². The molecule has 0 aliphatic carbocycles. The summed E-state index contributed by atoms with van der Waals surface area (Å²) in [5.74, 6) is 0. The van der Waals surface area contributed by atoms with Crippen LogP contribution < -0.4 is 0 Å². The molecule has 0 saturated heterocycles. The number of aryl methyl sites for hydroxylation is 2. The lowest BCUT2D eigenvalue weighted by Crippen LogP contribution is -1.89. The third-order valence-corrected chi connectivity index (χ3v) is 7.76. The minimum atomic E-state index is 1.26. The fraction of sp³-hybridized carbons (Fsp3) is 0.0588. The van der Waals surface area contributed by atoms with Crippen LogP contribution in [-0.2, 0) is 0 Å². The molecular weight excluding hydrogens is 440 g/mol. The number of hydrogen-bond acceptors (Lipinski definition) is 1. The summed E-state index contributed by atoms with van der Waals surface area (Å²) >= 11 is 1.86. The van der Waals surface area contributed by atoms with E-state index in [-0.39, 0.29) is 0 Å². The second kappa shape index (κ2) is 9.09. The smallest absolute Gasteiger partial charge is 0.0201 e. The van der Waals surface area contributed by atoms with Crippen LogP contribution in [0.5, 0.6) is 0 Å². The monoisotopic (exact) mass is 466 g/mol. The topological polar surface area (TPSA) is 0 Å². The Balaban J connectivity index is 1.46. The van der Waals surface area contributed by atoms with Crippen molar-refractivity contribution in [1.29, 1.82) is 0 Å². The molecule has 6 rings (SSSR count). The van der Waals surface area contributed by atoms with Crippen LogP contribution in [0.1, 0.15) is 11.1 Å². The molecule has 0 aliphatic heterocycles. The molecule has 6 aromatic carbocycles. The highest BCUT2D eigenvalue weighted by Crippen LogP contribution is 2.42. The average Bonchev–Trinajstić information content (AvgIpc) is 2.90. The van der Waals surface area contributed by atoms with E-state index in [0.717, 1.165) is 0 Å². The summed E-state index contributed by atoms with van der Waals surface area (Å²) in [5, 5.41) is 5.09. The molecule has 0 atom stereocenters. The molecule has 0 bridgehead atoms. The summed E-state index contributed by atoms with van der Waals surface area (Å²) in [6, 6.07) is 44.4. The van der Waals surface area contributed by atoms with Gasteiger partial charge in [-0.25, -0.2) is 0 Å². The average molecular weight is 467 g/mol. The Labute approximate surface area is 211 Å². The molecule has 0 aliphatic rings. The molecule has 0 nitrogen and oxygen atoms in total. The molecule has 1 heteroatoms. The Morgan fingerprint density at radius 1 is 0.400 bits per heavy atom. The van der Waals surface area contributed by atoms with E-state index < -0.39 is 0 Å². The van der Waals surface area contributed by atoms with Gasteiger partial charge in [-0.05, 0) is 81.9 Å². The van der Waals surface area contributed by atoms with Crippen molar-refractivity contribution >= 4 is 33.3 Å². The predicted molar refractivity (Wildman–Crippen MR) is 152 cm³/mol. The van der Waals surface area contributed by atoms with Gasteiger partial charge in [0, 0.05) is 9.79 Å². The van der Waals surface area contributed by atoms with Crippen LogP contribution >= 0.6 is 11.8 Å². The Bertz CT molecular complexity index is 1570. The van der Waals surface area contributed by atoms with Crippen LogP contribution in [0.3, 0.4) is 0 Å². The van der Waals surface area contributed by atoms with Gasteiger partial charge in [0.2, 0.25) is 0 Å². The first-order valence-electron chi connectivity index (χ1n) is 12.0. The Morgan fingerprint density at radius 3 is 1.29 bits per heavy atom. The van der Waals surface area contributed by atoms with Gasteiger partial charge in [-0.1, -0.05) is 120 Å². The summed E-state index contributed by atoms with van der Waals surface area (Å²) in [4.78, 5) is 2.55. The van der Waals surface area contributed by atoms with Crippen molar-refractivity contribution < 1.29 is 0 Å². The Kier molecular flexibility index (Phi) is 5.64. The van der Waals surface area contributed by atoms with Gasteiger partial charge in [0.15, 0.2) is 0 Å². The maximum Gasteiger partial charge on any atom is 0.0201 e. The van der Waals surface area contributed by atoms with Gasteiger partial charge in [-0.15, -0.1) is 0 Å². The molecule has 0 N–H and O–H groups in total. The maximum absolute atomic E-state index is 2.32. The fourth-order valence-electron chi connectivity index (χ4n) is 4.75. The molecular formula is C34H26S. The fourth-order valence-corrected chi connectivity index (χ4v) is 5.83. The van der Waals surface area contributed by atoms with E-state index in [1.54, 1.807) is 0 Å². The quantitative estimate of drug-likeness (QED) is 0.249. The second-order valence-corrected chi connectivity index (χ2v) is 10.3. The third-order valence-electron chi connectivity index (χ3n) is 6.61. The molecule has 0 amide bonds. The van der Waals surface area contributed by atoms with E-state index in [4.69, 9.17) is 0 Å². The molecule has 0 radical (unpaired) electrons. The van der Waals surface area contributed by atoms with E-state index in [1.165, 1.54) is 64.7 Å². The second-order valence-electron chi connectivity index (χ2n) is 9.23. The Hall–Kier alpha value is -3.81. The molecule has 0 unspecified atom stereocenters. The van der Waals surface area contributed by atoms with Crippen molar-refractivity contribution in [2.75, 3.05) is 0 Å². The van der Waals surface area contributed by atoms with Gasteiger partial charge in [-0.2, -0.15) is 0 Å². The molecule has 0 fully saturated rings. The number of rotatable bonds is 4. The van der Waals surface area contributed by atoms with Gasteiger partial charge in [0.05, 0.1) is 0 Å². The highest BCUT2D eigenvalue weighted by atomic mass is 32.2. The van der Waals surface area contributed by atoms with Crippen LogP contribution in [0, 0.1) is 13.8 Å². The van der Waals surface area contributed by atoms with Crippen LogP contribution in [0.2, 0.25) is 0 Å². The van der Waals surface area contributed by atoms with E-state index in [0.29, 0.717) is 0 Å². The van der Waals surface area contributed by atoms with Crippen molar-refractivity contribution in [3.05, 3.63) is 132 Å². The minimum Gasteiger partial charge on any atom is -0.0888 e. The van der Waals surface area contributed by atoms with Crippen molar-refractivity contribution in [3.63, 3.8) is 0 Å². The van der Waals surface area contributed by atoms with Gasteiger partial charge >= 0.3 is 0 Å². The van der Waals surface area contributed by atoms with Crippen LogP contribution in [0.15, 0.2) is 131 Å². The maximum atomic E-state index is 2.32. The zero-order chi connectivity index (χ0) is 23.8. The summed E-state index contributed by atoms with van der Waals surface area (Å²) in [5.41, 5.74) is 7.63. The van der Waals surface area contributed by atoms with Crippen molar-refractivity contribution in [3.8, 4) is 22.3 Å². The zero-order valence-corrected chi connectivity index (χ0v) is 20.8. The summed E-state index contributed by atoms with van der Waals surface area (Å²) in [6.07, 6.45) is 0. The number of benzene rings is 6. The lowest BCUT2D eigenvalue weighted by molar-refractivity contribution is 1.34. The van der Waals surface area contributed by atoms with Crippen molar-refractivity contribution in [2.45, 2.75) is 23.6 Å². The van der Waals surface area contributed by atoms with Crippen molar-refractivity contribution in [1.82, 2.24) is 0 Å². The first-order valence-corrected chi connectivity index (χ1v) is 12.8. The number of hydrogen-bond donors (Lipinski definition) is 0. The van der Waals surface area contributed by atoms with Crippen molar-refractivity contribution in [2.24, 2.45) is 0 Å². The van der Waals surface area contributed by atoms with E-state index >= 15 is 0 Å². The van der Waals surface area contributed by atoms with Crippen LogP contribution in [0.25, 0.3) is 43.8 Å². The summed E-state index contributed by atoms with van der Waals surface area (Å²) in [6.45, 7) is 4.34. The molecule has 0 saturated carbocycles. The van der Waals surface area contributed by atoms with E-state index in [2.05, 4.69) is 135 Å².